The summed E-state index contributed by atoms with van der Waals surface area (Å²) < 4.78 is 0. The zero-order valence-electron chi connectivity index (χ0n) is 8.41. The van der Waals surface area contributed by atoms with E-state index < -0.39 is 6.09 Å². The van der Waals surface area contributed by atoms with Gasteiger partial charge in [-0.15, -0.1) is 11.6 Å². The second-order valence-corrected chi connectivity index (χ2v) is 3.83. The number of nitrogens with zero attached hydrogens (tertiary/aromatic N) is 1. The number of likely N-dealkylation sites (tertiary alicyclic amines) is 1. The van der Waals surface area contributed by atoms with Crippen molar-refractivity contribution in [2.45, 2.75) is 25.3 Å². The quantitative estimate of drug-likeness (QED) is 0.712. The van der Waals surface area contributed by atoms with E-state index in [9.17, 15) is 9.59 Å². The molecule has 0 radical (unpaired) electrons. The van der Waals surface area contributed by atoms with Crippen LogP contribution in [0.15, 0.2) is 0 Å². The van der Waals surface area contributed by atoms with Crippen LogP contribution in [0, 0.1) is 0 Å². The van der Waals surface area contributed by atoms with Gasteiger partial charge in [-0.1, -0.05) is 0 Å². The zero-order chi connectivity index (χ0) is 11.3. The van der Waals surface area contributed by atoms with Gasteiger partial charge in [-0.2, -0.15) is 0 Å². The summed E-state index contributed by atoms with van der Waals surface area (Å²) >= 11 is 5.33. The van der Waals surface area contributed by atoms with Gasteiger partial charge >= 0.3 is 6.09 Å². The first-order valence-electron chi connectivity index (χ1n) is 4.97. The second-order valence-electron chi connectivity index (χ2n) is 3.56. The molecule has 2 amide bonds. The fourth-order valence-electron chi connectivity index (χ4n) is 1.74. The van der Waals surface area contributed by atoms with E-state index in [4.69, 9.17) is 16.7 Å². The van der Waals surface area contributed by atoms with Crippen LogP contribution in [0.25, 0.3) is 0 Å². The van der Waals surface area contributed by atoms with Gasteiger partial charge in [0.25, 0.3) is 0 Å². The molecule has 15 heavy (non-hydrogen) atoms. The van der Waals surface area contributed by atoms with E-state index in [0.717, 1.165) is 19.3 Å². The highest BCUT2D eigenvalue weighted by molar-refractivity contribution is 6.27. The molecule has 1 aliphatic rings. The lowest BCUT2D eigenvalue weighted by atomic mass is 10.0. The Labute approximate surface area is 93.4 Å². The molecule has 0 aromatic rings. The molecule has 1 atom stereocenters. The number of alkyl halides is 1. The minimum Gasteiger partial charge on any atom is -0.465 e. The van der Waals surface area contributed by atoms with Crippen molar-refractivity contribution in [1.82, 2.24) is 10.2 Å². The zero-order valence-corrected chi connectivity index (χ0v) is 9.16. The molecule has 0 aromatic carbocycles. The lowest BCUT2D eigenvalue weighted by Crippen LogP contribution is -2.49. The Hall–Kier alpha value is -0.970. The SMILES string of the molecule is O=C(CCl)NCC1CCCCN1C(=O)O. The third-order valence-electron chi connectivity index (χ3n) is 2.53. The number of rotatable bonds is 3. The number of carboxylic acid groups (broad SMARTS) is 1. The largest absolute Gasteiger partial charge is 0.465 e. The predicted molar refractivity (Wildman–Crippen MR) is 56.1 cm³/mol. The third kappa shape index (κ3) is 3.58. The molecule has 0 spiro atoms. The number of piperidine rings is 1. The second kappa shape index (κ2) is 5.80. The summed E-state index contributed by atoms with van der Waals surface area (Å²) in [6.07, 6.45) is 1.78. The predicted octanol–water partition coefficient (Wildman–Crippen LogP) is 0.874. The normalized spacial score (nSPS) is 21.1. The highest BCUT2D eigenvalue weighted by Gasteiger charge is 2.26. The van der Waals surface area contributed by atoms with Crippen LogP contribution in [0.1, 0.15) is 19.3 Å². The van der Waals surface area contributed by atoms with Gasteiger partial charge < -0.3 is 15.3 Å². The fraction of sp³-hybridized carbons (Fsp3) is 0.778. The lowest BCUT2D eigenvalue weighted by molar-refractivity contribution is -0.119. The van der Waals surface area contributed by atoms with Gasteiger partial charge in [-0.05, 0) is 19.3 Å². The maximum absolute atomic E-state index is 10.9. The monoisotopic (exact) mass is 234 g/mol. The molecule has 0 saturated carbocycles. The highest BCUT2D eigenvalue weighted by atomic mass is 35.5. The first-order chi connectivity index (χ1) is 7.15. The molecule has 86 valence electrons. The van der Waals surface area contributed by atoms with Gasteiger partial charge in [-0.3, -0.25) is 4.79 Å². The molecule has 6 heteroatoms. The van der Waals surface area contributed by atoms with Crippen LogP contribution in [0.5, 0.6) is 0 Å². The number of amides is 2. The Morgan fingerprint density at radius 2 is 2.20 bits per heavy atom. The molecule has 1 fully saturated rings. The number of carbonyl (C=O) groups is 2. The van der Waals surface area contributed by atoms with Crippen molar-refractivity contribution in [2.75, 3.05) is 19.0 Å². The van der Waals surface area contributed by atoms with E-state index >= 15 is 0 Å². The Morgan fingerprint density at radius 3 is 2.80 bits per heavy atom. The lowest BCUT2D eigenvalue weighted by Gasteiger charge is -2.33. The number of hydrogen-bond acceptors (Lipinski definition) is 2. The molecule has 2 N–H and O–H groups in total. The summed E-state index contributed by atoms with van der Waals surface area (Å²) in [7, 11) is 0. The van der Waals surface area contributed by atoms with Crippen molar-refractivity contribution in [3.8, 4) is 0 Å². The van der Waals surface area contributed by atoms with E-state index in [1.807, 2.05) is 0 Å². The highest BCUT2D eigenvalue weighted by Crippen LogP contribution is 2.16. The molecule has 1 aliphatic heterocycles. The molecule has 1 unspecified atom stereocenters. The van der Waals surface area contributed by atoms with E-state index in [1.165, 1.54) is 4.90 Å². The van der Waals surface area contributed by atoms with Gasteiger partial charge in [0.2, 0.25) is 5.91 Å². The van der Waals surface area contributed by atoms with Crippen LogP contribution in [-0.4, -0.2) is 47.0 Å². The van der Waals surface area contributed by atoms with Crippen LogP contribution in [0.4, 0.5) is 4.79 Å². The Kier molecular flexibility index (Phi) is 4.68. The van der Waals surface area contributed by atoms with Crippen LogP contribution < -0.4 is 5.32 Å². The molecule has 0 aliphatic carbocycles. The van der Waals surface area contributed by atoms with Crippen molar-refractivity contribution in [3.63, 3.8) is 0 Å². The van der Waals surface area contributed by atoms with Crippen molar-refractivity contribution in [3.05, 3.63) is 0 Å². The van der Waals surface area contributed by atoms with E-state index in [2.05, 4.69) is 5.32 Å². The van der Waals surface area contributed by atoms with Crippen LogP contribution in [0.2, 0.25) is 0 Å². The molecule has 1 rings (SSSR count). The number of carbonyl (C=O) groups excluding carboxylic acids is 1. The van der Waals surface area contributed by atoms with E-state index in [0.29, 0.717) is 13.1 Å². The fourth-order valence-corrected chi connectivity index (χ4v) is 1.84. The Bertz CT molecular complexity index is 248. The van der Waals surface area contributed by atoms with Crippen LogP contribution in [0.3, 0.4) is 0 Å². The minimum atomic E-state index is -0.917. The summed E-state index contributed by atoms with van der Waals surface area (Å²) in [5, 5.41) is 11.5. The van der Waals surface area contributed by atoms with Gasteiger partial charge in [-0.25, -0.2) is 4.79 Å². The average Bonchev–Trinajstić information content (AvgIpc) is 2.26. The summed E-state index contributed by atoms with van der Waals surface area (Å²) in [5.74, 6) is -0.340. The van der Waals surface area contributed by atoms with Crippen molar-refractivity contribution < 1.29 is 14.7 Å². The summed E-state index contributed by atoms with van der Waals surface area (Å²) in [6.45, 7) is 0.911. The van der Waals surface area contributed by atoms with Crippen molar-refractivity contribution in [2.24, 2.45) is 0 Å². The maximum Gasteiger partial charge on any atom is 0.407 e. The number of hydrogen-bond donors (Lipinski definition) is 2. The first-order valence-corrected chi connectivity index (χ1v) is 5.51. The van der Waals surface area contributed by atoms with Gasteiger partial charge in [0.15, 0.2) is 0 Å². The first kappa shape index (κ1) is 12.1. The minimum absolute atomic E-state index is 0.0835. The molecule has 1 heterocycles. The van der Waals surface area contributed by atoms with Gasteiger partial charge in [0.05, 0.1) is 6.04 Å². The van der Waals surface area contributed by atoms with Crippen molar-refractivity contribution in [1.29, 1.82) is 0 Å². The average molecular weight is 235 g/mol. The standard InChI is InChI=1S/C9H15ClN2O3/c10-5-8(13)11-6-7-3-1-2-4-12(7)9(14)15/h7H,1-6H2,(H,11,13)(H,14,15). The maximum atomic E-state index is 10.9. The number of halogens is 1. The summed E-state index contributed by atoms with van der Waals surface area (Å²) in [4.78, 5) is 23.2. The molecule has 0 bridgehead atoms. The molecular formula is C9H15ClN2O3. The Morgan fingerprint density at radius 1 is 1.47 bits per heavy atom. The van der Waals surface area contributed by atoms with Crippen molar-refractivity contribution >= 4 is 23.6 Å². The van der Waals surface area contributed by atoms with Gasteiger partial charge in [0, 0.05) is 13.1 Å². The molecular weight excluding hydrogens is 220 g/mol. The summed E-state index contributed by atoms with van der Waals surface area (Å²) in [5.41, 5.74) is 0. The van der Waals surface area contributed by atoms with Gasteiger partial charge in [0.1, 0.15) is 5.88 Å². The number of nitrogens with one attached hydrogen (secondary N) is 1. The Balaban J connectivity index is 2.42. The van der Waals surface area contributed by atoms with E-state index in [-0.39, 0.29) is 17.8 Å². The molecule has 1 saturated heterocycles. The topological polar surface area (TPSA) is 69.6 Å². The van der Waals surface area contributed by atoms with Crippen LogP contribution in [-0.2, 0) is 4.79 Å². The summed E-state index contributed by atoms with van der Waals surface area (Å²) in [6, 6.07) is -0.108. The third-order valence-corrected chi connectivity index (χ3v) is 2.77. The molecule has 0 aromatic heterocycles. The van der Waals surface area contributed by atoms with E-state index in [1.54, 1.807) is 0 Å². The smallest absolute Gasteiger partial charge is 0.407 e. The van der Waals surface area contributed by atoms with Crippen LogP contribution >= 0.6 is 11.6 Å². The molecule has 5 nitrogen and oxygen atoms in total.